The number of nitrogens with zero attached hydrogens (tertiary/aromatic N) is 5. The van der Waals surface area contributed by atoms with Crippen molar-refractivity contribution in [3.63, 3.8) is 0 Å². The Morgan fingerprint density at radius 3 is 2.86 bits per heavy atom. The molecule has 0 spiro atoms. The van der Waals surface area contributed by atoms with Crippen LogP contribution in [0, 0.1) is 0 Å². The van der Waals surface area contributed by atoms with Crippen molar-refractivity contribution in [1.82, 2.24) is 19.5 Å². The molecule has 0 aliphatic heterocycles. The summed E-state index contributed by atoms with van der Waals surface area (Å²) in [5.41, 5.74) is 12.2. The first-order valence-electron chi connectivity index (χ1n) is 8.09. The van der Waals surface area contributed by atoms with E-state index in [9.17, 15) is 9.36 Å². The minimum atomic E-state index is -4.37. The van der Waals surface area contributed by atoms with Crippen LogP contribution in [0.2, 0.25) is 0 Å². The molecule has 13 heteroatoms. The topological polar surface area (TPSA) is 183 Å². The second-order valence-electron chi connectivity index (χ2n) is 6.06. The number of ether oxygens (including phenoxy) is 1. The molecule has 0 radical (unpaired) electrons. The summed E-state index contributed by atoms with van der Waals surface area (Å²) in [5, 5.41) is 0. The van der Waals surface area contributed by atoms with Crippen LogP contribution in [0.15, 0.2) is 37.2 Å². The fraction of sp³-hybridized carbons (Fsp3) is 0.267. The molecule has 1 amide bonds. The van der Waals surface area contributed by atoms with Crippen molar-refractivity contribution in [3.8, 4) is 0 Å². The van der Waals surface area contributed by atoms with Crippen LogP contribution in [-0.2, 0) is 22.4 Å². The van der Waals surface area contributed by atoms with Gasteiger partial charge in [0.15, 0.2) is 30.4 Å². The Morgan fingerprint density at radius 1 is 1.36 bits per heavy atom. The third-order valence-electron chi connectivity index (χ3n) is 3.87. The molecule has 3 rings (SSSR count). The van der Waals surface area contributed by atoms with Gasteiger partial charge in [0.05, 0.1) is 12.9 Å². The molecule has 3 aromatic heterocycles. The zero-order chi connectivity index (χ0) is 20.3. The molecule has 0 aromatic carbocycles. The zero-order valence-corrected chi connectivity index (χ0v) is 15.5. The van der Waals surface area contributed by atoms with Crippen LogP contribution in [0.5, 0.6) is 0 Å². The number of imidazole rings is 1. The smallest absolute Gasteiger partial charge is 0.351 e. The third-order valence-corrected chi connectivity index (χ3v) is 4.35. The Morgan fingerprint density at radius 2 is 2.14 bits per heavy atom. The van der Waals surface area contributed by atoms with Crippen LogP contribution >= 0.6 is 7.60 Å². The summed E-state index contributed by atoms with van der Waals surface area (Å²) in [7, 11) is -4.37. The molecule has 0 fully saturated rings. The van der Waals surface area contributed by atoms with Crippen molar-refractivity contribution in [2.75, 3.05) is 12.1 Å². The predicted octanol–water partition coefficient (Wildman–Crippen LogP) is -0.984. The third kappa shape index (κ3) is 4.87. The summed E-state index contributed by atoms with van der Waals surface area (Å²) in [6.45, 7) is 0.377. The quantitative estimate of drug-likeness (QED) is 0.268. The summed E-state index contributed by atoms with van der Waals surface area (Å²) in [6.07, 6.45) is 4.58. The van der Waals surface area contributed by atoms with Gasteiger partial charge >= 0.3 is 7.60 Å². The lowest BCUT2D eigenvalue weighted by Gasteiger charge is -2.16. The number of amides is 1. The minimum absolute atomic E-state index is 0.181. The van der Waals surface area contributed by atoms with E-state index in [4.69, 9.17) is 26.0 Å². The second kappa shape index (κ2) is 7.98. The molecule has 0 saturated carbocycles. The van der Waals surface area contributed by atoms with Crippen molar-refractivity contribution in [2.45, 2.75) is 19.2 Å². The highest BCUT2D eigenvalue weighted by atomic mass is 31.2. The molecular weight excluding hydrogens is 389 g/mol. The molecule has 148 valence electrons. The highest BCUT2D eigenvalue weighted by Crippen LogP contribution is 2.34. The number of carbonyl (C=O) groups is 1. The molecule has 0 bridgehead atoms. The average molecular weight is 408 g/mol. The second-order valence-corrected chi connectivity index (χ2v) is 7.65. The van der Waals surface area contributed by atoms with Crippen LogP contribution < -0.4 is 16.0 Å². The SMILES string of the molecule is NC(=O)c1ccc[n+](C[C@H](Cn2cnc3c(N)ncnc32)OCP(=O)(O)O)c1. The molecule has 3 heterocycles. The minimum Gasteiger partial charge on any atom is -0.382 e. The van der Waals surface area contributed by atoms with Crippen LogP contribution in [-0.4, -0.2) is 47.7 Å². The van der Waals surface area contributed by atoms with E-state index in [2.05, 4.69) is 15.0 Å². The van der Waals surface area contributed by atoms with Gasteiger partial charge in [0.25, 0.3) is 5.91 Å². The van der Waals surface area contributed by atoms with E-state index in [1.165, 1.54) is 18.9 Å². The van der Waals surface area contributed by atoms with Crippen LogP contribution in [0.25, 0.3) is 11.2 Å². The van der Waals surface area contributed by atoms with Gasteiger partial charge in [0.1, 0.15) is 29.9 Å². The largest absolute Gasteiger partial charge is 0.382 e. The Kier molecular flexibility index (Phi) is 5.66. The first-order valence-corrected chi connectivity index (χ1v) is 9.89. The van der Waals surface area contributed by atoms with Crippen molar-refractivity contribution >= 4 is 30.5 Å². The Hall–Kier alpha value is -2.92. The predicted molar refractivity (Wildman–Crippen MR) is 96.7 cm³/mol. The van der Waals surface area contributed by atoms with Crippen LogP contribution in [0.3, 0.4) is 0 Å². The molecule has 0 saturated heterocycles. The van der Waals surface area contributed by atoms with Gasteiger partial charge in [0, 0.05) is 6.07 Å². The fourth-order valence-electron chi connectivity index (χ4n) is 2.63. The molecule has 12 nitrogen and oxygen atoms in total. The van der Waals surface area contributed by atoms with Crippen LogP contribution in [0.4, 0.5) is 5.82 Å². The summed E-state index contributed by atoms with van der Waals surface area (Å²) in [5.74, 6) is -0.366. The molecule has 0 unspecified atom stereocenters. The number of anilines is 1. The molecule has 0 aliphatic carbocycles. The van der Waals surface area contributed by atoms with E-state index < -0.39 is 26.0 Å². The lowest BCUT2D eigenvalue weighted by molar-refractivity contribution is -0.704. The maximum Gasteiger partial charge on any atom is 0.351 e. The summed E-state index contributed by atoms with van der Waals surface area (Å²) in [4.78, 5) is 41.8. The number of pyridine rings is 1. The maximum absolute atomic E-state index is 11.4. The van der Waals surface area contributed by atoms with E-state index in [1.807, 2.05) is 0 Å². The van der Waals surface area contributed by atoms with Crippen molar-refractivity contribution in [1.29, 1.82) is 0 Å². The summed E-state index contributed by atoms with van der Waals surface area (Å²) in [6, 6.07) is 3.20. The molecule has 28 heavy (non-hydrogen) atoms. The number of nitrogen functional groups attached to an aromatic ring is 1. The number of aromatic nitrogens is 5. The number of hydrogen-bond donors (Lipinski definition) is 4. The van der Waals surface area contributed by atoms with Gasteiger partial charge in [-0.1, -0.05) is 0 Å². The normalized spacial score (nSPS) is 12.9. The lowest BCUT2D eigenvalue weighted by atomic mass is 10.2. The van der Waals surface area contributed by atoms with Gasteiger partial charge in [-0.3, -0.25) is 9.36 Å². The highest BCUT2D eigenvalue weighted by molar-refractivity contribution is 7.51. The Bertz CT molecular complexity index is 1050. The number of rotatable bonds is 8. The number of hydrogen-bond acceptors (Lipinski definition) is 7. The first-order chi connectivity index (χ1) is 13.2. The average Bonchev–Trinajstić information content (AvgIpc) is 3.04. The summed E-state index contributed by atoms with van der Waals surface area (Å²) < 4.78 is 20.0. The summed E-state index contributed by atoms with van der Waals surface area (Å²) >= 11 is 0. The van der Waals surface area contributed by atoms with E-state index in [1.54, 1.807) is 27.5 Å². The van der Waals surface area contributed by atoms with E-state index in [0.29, 0.717) is 16.7 Å². The van der Waals surface area contributed by atoms with Crippen molar-refractivity contribution < 1.29 is 28.5 Å². The van der Waals surface area contributed by atoms with Gasteiger partial charge in [-0.05, 0) is 6.07 Å². The standard InChI is InChI=1S/C15H18N7O5P/c16-13-12-15(19-7-18-13)22(8-20-12)6-11(27-9-28(24,25)26)5-21-3-1-2-10(4-21)14(17)23/h1-4,7-8,11H,5-6,9H2,(H5-,16,17,18,19,23,24,25,26)/p+1/t11-/m1/s1. The van der Waals surface area contributed by atoms with Crippen molar-refractivity contribution in [2.24, 2.45) is 5.73 Å². The molecular formula is C15H19N7O5P+. The van der Waals surface area contributed by atoms with E-state index in [0.717, 1.165) is 0 Å². The Balaban J connectivity index is 1.86. The molecule has 6 N–H and O–H groups in total. The molecule has 0 aliphatic rings. The first kappa shape index (κ1) is 19.8. The van der Waals surface area contributed by atoms with Gasteiger partial charge in [-0.15, -0.1) is 0 Å². The maximum atomic E-state index is 11.4. The molecule has 3 aromatic rings. The van der Waals surface area contributed by atoms with Gasteiger partial charge in [0.2, 0.25) is 0 Å². The fourth-order valence-corrected chi connectivity index (χ4v) is 3.04. The van der Waals surface area contributed by atoms with E-state index >= 15 is 0 Å². The highest BCUT2D eigenvalue weighted by Gasteiger charge is 2.23. The zero-order valence-electron chi connectivity index (χ0n) is 14.6. The van der Waals surface area contributed by atoms with Gasteiger partial charge in [-0.25, -0.2) is 19.5 Å². The number of primary amides is 1. The van der Waals surface area contributed by atoms with E-state index in [-0.39, 0.29) is 18.9 Å². The van der Waals surface area contributed by atoms with Gasteiger partial charge < -0.3 is 30.6 Å². The molecule has 1 atom stereocenters. The van der Waals surface area contributed by atoms with Crippen molar-refractivity contribution in [3.05, 3.63) is 42.7 Å². The number of fused-ring (bicyclic) bond motifs is 1. The number of nitrogens with two attached hydrogens (primary N) is 2. The van der Waals surface area contributed by atoms with Gasteiger partial charge in [-0.2, -0.15) is 0 Å². The Labute approximate surface area is 159 Å². The lowest BCUT2D eigenvalue weighted by Crippen LogP contribution is -2.43. The van der Waals surface area contributed by atoms with Crippen LogP contribution in [0.1, 0.15) is 10.4 Å². The number of carbonyl (C=O) groups excluding carboxylic acids is 1. The monoisotopic (exact) mass is 408 g/mol.